The van der Waals surface area contributed by atoms with E-state index in [0.717, 1.165) is 23.3 Å². The molecular formula is C18H18FNO2. The quantitative estimate of drug-likeness (QED) is 0.939. The summed E-state index contributed by atoms with van der Waals surface area (Å²) in [5, 5.41) is 3.05. The van der Waals surface area contributed by atoms with Crippen molar-refractivity contribution in [2.75, 3.05) is 6.61 Å². The fourth-order valence-corrected chi connectivity index (χ4v) is 2.71. The molecule has 0 unspecified atom stereocenters. The molecule has 0 bridgehead atoms. The second kappa shape index (κ2) is 6.60. The van der Waals surface area contributed by atoms with Gasteiger partial charge < -0.3 is 10.1 Å². The van der Waals surface area contributed by atoms with Gasteiger partial charge in [0.15, 0.2) is 0 Å². The average Bonchev–Trinajstić information content (AvgIpc) is 2.53. The minimum Gasteiger partial charge on any atom is -0.493 e. The summed E-state index contributed by atoms with van der Waals surface area (Å²) in [5.74, 6) is 0.548. The molecule has 0 aromatic heterocycles. The van der Waals surface area contributed by atoms with Gasteiger partial charge >= 0.3 is 0 Å². The molecule has 3 nitrogen and oxygen atoms in total. The van der Waals surface area contributed by atoms with Crippen LogP contribution in [0.2, 0.25) is 0 Å². The molecule has 1 amide bonds. The summed E-state index contributed by atoms with van der Waals surface area (Å²) in [5.41, 5.74) is 1.86. The van der Waals surface area contributed by atoms with Gasteiger partial charge in [-0.25, -0.2) is 4.39 Å². The van der Waals surface area contributed by atoms with Crippen molar-refractivity contribution < 1.29 is 13.9 Å². The highest BCUT2D eigenvalue weighted by molar-refractivity contribution is 5.76. The number of hydrogen-bond donors (Lipinski definition) is 1. The number of fused-ring (bicyclic) bond motifs is 1. The molecule has 2 aromatic rings. The molecule has 114 valence electrons. The Balaban J connectivity index is 1.59. The van der Waals surface area contributed by atoms with E-state index in [-0.39, 0.29) is 17.8 Å². The van der Waals surface area contributed by atoms with E-state index in [9.17, 15) is 9.18 Å². The second-order valence-electron chi connectivity index (χ2n) is 5.42. The molecule has 0 spiro atoms. The van der Waals surface area contributed by atoms with E-state index >= 15 is 0 Å². The average molecular weight is 299 g/mol. The highest BCUT2D eigenvalue weighted by Crippen LogP contribution is 2.31. The Morgan fingerprint density at radius 3 is 2.95 bits per heavy atom. The molecule has 1 N–H and O–H groups in total. The zero-order valence-electron chi connectivity index (χ0n) is 12.2. The Morgan fingerprint density at radius 1 is 1.23 bits per heavy atom. The van der Waals surface area contributed by atoms with E-state index < -0.39 is 0 Å². The largest absolute Gasteiger partial charge is 0.493 e. The van der Waals surface area contributed by atoms with Gasteiger partial charge in [0.2, 0.25) is 5.91 Å². The molecule has 2 aromatic carbocycles. The van der Waals surface area contributed by atoms with Crippen molar-refractivity contribution in [1.82, 2.24) is 5.32 Å². The lowest BCUT2D eigenvalue weighted by Gasteiger charge is -2.26. The van der Waals surface area contributed by atoms with Gasteiger partial charge in [0.1, 0.15) is 11.6 Å². The number of amides is 1. The van der Waals surface area contributed by atoms with Gasteiger partial charge in [0.25, 0.3) is 0 Å². The molecule has 0 saturated carbocycles. The Labute approximate surface area is 129 Å². The van der Waals surface area contributed by atoms with E-state index in [4.69, 9.17) is 4.74 Å². The summed E-state index contributed by atoms with van der Waals surface area (Å²) in [4.78, 5) is 12.1. The van der Waals surface area contributed by atoms with Crippen LogP contribution in [-0.2, 0) is 11.2 Å². The van der Waals surface area contributed by atoms with Crippen molar-refractivity contribution in [3.8, 4) is 5.75 Å². The molecule has 0 saturated heterocycles. The lowest BCUT2D eigenvalue weighted by molar-refractivity contribution is -0.122. The number of hydrogen-bond acceptors (Lipinski definition) is 2. The fourth-order valence-electron chi connectivity index (χ4n) is 2.71. The van der Waals surface area contributed by atoms with Crippen LogP contribution in [0.25, 0.3) is 0 Å². The first-order valence-electron chi connectivity index (χ1n) is 7.48. The van der Waals surface area contributed by atoms with Crippen molar-refractivity contribution >= 4 is 5.91 Å². The number of carbonyl (C=O) groups excluding carboxylic acids is 1. The number of aryl methyl sites for hydroxylation is 1. The molecule has 0 aliphatic carbocycles. The maximum absolute atomic E-state index is 13.1. The Bertz CT molecular complexity index is 672. The van der Waals surface area contributed by atoms with Crippen LogP contribution < -0.4 is 10.1 Å². The lowest BCUT2D eigenvalue weighted by atomic mass is 10.00. The van der Waals surface area contributed by atoms with Crippen LogP contribution in [0.3, 0.4) is 0 Å². The minimum atomic E-state index is -0.267. The van der Waals surface area contributed by atoms with Crippen LogP contribution in [0.4, 0.5) is 4.39 Å². The van der Waals surface area contributed by atoms with Gasteiger partial charge in [-0.1, -0.05) is 30.3 Å². The van der Waals surface area contributed by atoms with E-state index in [1.165, 1.54) is 12.1 Å². The molecule has 1 aliphatic heterocycles. The monoisotopic (exact) mass is 299 g/mol. The van der Waals surface area contributed by atoms with Gasteiger partial charge in [-0.3, -0.25) is 4.79 Å². The molecule has 4 heteroatoms. The predicted octanol–water partition coefficient (Wildman–Crippen LogP) is 3.40. The number of rotatable bonds is 4. The van der Waals surface area contributed by atoms with Gasteiger partial charge in [0.05, 0.1) is 12.6 Å². The summed E-state index contributed by atoms with van der Waals surface area (Å²) < 4.78 is 18.7. The highest BCUT2D eigenvalue weighted by Gasteiger charge is 2.22. The number of halogens is 1. The van der Waals surface area contributed by atoms with Crippen LogP contribution in [0.1, 0.15) is 30.0 Å². The molecule has 1 atom stereocenters. The summed E-state index contributed by atoms with van der Waals surface area (Å²) >= 11 is 0. The third-order valence-electron chi connectivity index (χ3n) is 3.82. The zero-order valence-corrected chi connectivity index (χ0v) is 12.2. The van der Waals surface area contributed by atoms with E-state index in [1.54, 1.807) is 6.07 Å². The highest BCUT2D eigenvalue weighted by atomic mass is 19.1. The molecule has 1 heterocycles. The Morgan fingerprint density at radius 2 is 2.09 bits per heavy atom. The van der Waals surface area contributed by atoms with Crippen LogP contribution >= 0.6 is 0 Å². The van der Waals surface area contributed by atoms with Crippen LogP contribution in [0.5, 0.6) is 5.75 Å². The van der Waals surface area contributed by atoms with Crippen molar-refractivity contribution in [3.63, 3.8) is 0 Å². The number of benzene rings is 2. The second-order valence-corrected chi connectivity index (χ2v) is 5.42. The summed E-state index contributed by atoms with van der Waals surface area (Å²) in [7, 11) is 0. The van der Waals surface area contributed by atoms with Crippen molar-refractivity contribution in [3.05, 3.63) is 65.5 Å². The Kier molecular flexibility index (Phi) is 4.37. The smallest absolute Gasteiger partial charge is 0.220 e. The number of carbonyl (C=O) groups is 1. The number of para-hydroxylation sites is 1. The van der Waals surface area contributed by atoms with Crippen molar-refractivity contribution in [2.45, 2.75) is 25.3 Å². The van der Waals surface area contributed by atoms with Crippen LogP contribution in [0.15, 0.2) is 48.5 Å². The SMILES string of the molecule is O=C(CCc1cccc(F)c1)N[C@@H]1CCOc2ccccc21. The van der Waals surface area contributed by atoms with Crippen LogP contribution in [0, 0.1) is 5.82 Å². The van der Waals surface area contributed by atoms with E-state index in [1.807, 2.05) is 30.3 Å². The summed E-state index contributed by atoms with van der Waals surface area (Å²) in [6.07, 6.45) is 1.65. The van der Waals surface area contributed by atoms with Crippen molar-refractivity contribution in [1.29, 1.82) is 0 Å². The third kappa shape index (κ3) is 3.45. The minimum absolute atomic E-state index is 0.00930. The maximum Gasteiger partial charge on any atom is 0.220 e. The fraction of sp³-hybridized carbons (Fsp3) is 0.278. The van der Waals surface area contributed by atoms with Crippen molar-refractivity contribution in [2.24, 2.45) is 0 Å². The van der Waals surface area contributed by atoms with E-state index in [2.05, 4.69) is 5.32 Å². The first-order valence-corrected chi connectivity index (χ1v) is 7.48. The normalized spacial score (nSPS) is 16.5. The summed E-state index contributed by atoms with van der Waals surface area (Å²) in [6.45, 7) is 0.603. The summed E-state index contributed by atoms with van der Waals surface area (Å²) in [6, 6.07) is 14.1. The van der Waals surface area contributed by atoms with Crippen LogP contribution in [-0.4, -0.2) is 12.5 Å². The third-order valence-corrected chi connectivity index (χ3v) is 3.82. The first-order chi connectivity index (χ1) is 10.7. The van der Waals surface area contributed by atoms with Gasteiger partial charge in [0, 0.05) is 18.4 Å². The molecule has 1 aliphatic rings. The molecular weight excluding hydrogens is 281 g/mol. The number of nitrogens with one attached hydrogen (secondary N) is 1. The molecule has 0 fully saturated rings. The predicted molar refractivity (Wildman–Crippen MR) is 82.2 cm³/mol. The van der Waals surface area contributed by atoms with Gasteiger partial charge in [-0.15, -0.1) is 0 Å². The van der Waals surface area contributed by atoms with Gasteiger partial charge in [-0.05, 0) is 30.2 Å². The number of ether oxygens (including phenoxy) is 1. The van der Waals surface area contributed by atoms with Gasteiger partial charge in [-0.2, -0.15) is 0 Å². The molecule has 22 heavy (non-hydrogen) atoms. The zero-order chi connectivity index (χ0) is 15.4. The standard InChI is InChI=1S/C18H18FNO2/c19-14-5-3-4-13(12-14)8-9-18(21)20-16-10-11-22-17-7-2-1-6-15(16)17/h1-7,12,16H,8-11H2,(H,20,21)/t16-/m1/s1. The molecule has 0 radical (unpaired) electrons. The first kappa shape index (κ1) is 14.6. The molecule has 3 rings (SSSR count). The topological polar surface area (TPSA) is 38.3 Å². The van der Waals surface area contributed by atoms with E-state index in [0.29, 0.717) is 19.4 Å². The lowest BCUT2D eigenvalue weighted by Crippen LogP contribution is -2.32. The Hall–Kier alpha value is -2.36. The maximum atomic E-state index is 13.1.